The van der Waals surface area contributed by atoms with Crippen LogP contribution in [0.3, 0.4) is 0 Å². The molecule has 0 bridgehead atoms. The minimum atomic E-state index is 0.435. The first kappa shape index (κ1) is 17.7. The molecule has 0 aromatic heterocycles. The van der Waals surface area contributed by atoms with Crippen LogP contribution in [0.1, 0.15) is 71.1 Å². The van der Waals surface area contributed by atoms with E-state index in [0.29, 0.717) is 6.79 Å². The number of unbranched alkanes of at least 4 members (excludes halogenated alkanes) is 8. The standard InChI is InChI=1S/C16H32O2/c1-3-4-5-6-7-8-9-10-11-12-13-14-15-18-16-17-2/h6-7H,3-5,8-16H2,1-2H3/b7-6+. The Morgan fingerprint density at radius 2 is 1.39 bits per heavy atom. The molecule has 0 aromatic carbocycles. The Balaban J connectivity index is 2.96. The second-order valence-electron chi connectivity index (χ2n) is 4.84. The molecule has 0 radical (unpaired) electrons. The molecule has 18 heavy (non-hydrogen) atoms. The summed E-state index contributed by atoms with van der Waals surface area (Å²) in [6.07, 6.45) is 17.8. The van der Waals surface area contributed by atoms with Gasteiger partial charge in [0.15, 0.2) is 0 Å². The molecule has 2 heteroatoms. The maximum absolute atomic E-state index is 5.24. The van der Waals surface area contributed by atoms with E-state index < -0.39 is 0 Å². The molecule has 0 saturated heterocycles. The Labute approximate surface area is 114 Å². The van der Waals surface area contributed by atoms with E-state index in [1.807, 2.05) is 0 Å². The van der Waals surface area contributed by atoms with Crippen molar-refractivity contribution >= 4 is 0 Å². The van der Waals surface area contributed by atoms with Crippen LogP contribution in [0, 0.1) is 0 Å². The summed E-state index contributed by atoms with van der Waals surface area (Å²) in [5.74, 6) is 0. The average molecular weight is 256 g/mol. The van der Waals surface area contributed by atoms with Crippen molar-refractivity contribution in [2.75, 3.05) is 20.5 Å². The Morgan fingerprint density at radius 1 is 0.778 bits per heavy atom. The molecule has 0 atom stereocenters. The van der Waals surface area contributed by atoms with Gasteiger partial charge in [0.1, 0.15) is 6.79 Å². The highest BCUT2D eigenvalue weighted by atomic mass is 16.7. The lowest BCUT2D eigenvalue weighted by atomic mass is 10.1. The molecule has 0 aliphatic carbocycles. The van der Waals surface area contributed by atoms with Crippen molar-refractivity contribution < 1.29 is 9.47 Å². The SMILES string of the molecule is CCCC/C=C/CCCCCCCCOCOC. The van der Waals surface area contributed by atoms with Crippen molar-refractivity contribution in [3.8, 4) is 0 Å². The van der Waals surface area contributed by atoms with Crippen LogP contribution in [0.15, 0.2) is 12.2 Å². The van der Waals surface area contributed by atoms with Gasteiger partial charge in [-0.1, -0.05) is 57.6 Å². The Hall–Kier alpha value is -0.340. The molecule has 0 amide bonds. The summed E-state index contributed by atoms with van der Waals surface area (Å²) >= 11 is 0. The third-order valence-corrected chi connectivity index (χ3v) is 3.00. The molecule has 0 heterocycles. The summed E-state index contributed by atoms with van der Waals surface area (Å²) in [6.45, 7) is 3.52. The lowest BCUT2D eigenvalue weighted by Gasteiger charge is -2.02. The molecule has 2 nitrogen and oxygen atoms in total. The fourth-order valence-corrected chi connectivity index (χ4v) is 1.87. The third-order valence-electron chi connectivity index (χ3n) is 3.00. The highest BCUT2D eigenvalue weighted by Gasteiger charge is 1.91. The minimum absolute atomic E-state index is 0.435. The van der Waals surface area contributed by atoms with Gasteiger partial charge < -0.3 is 9.47 Å². The van der Waals surface area contributed by atoms with Crippen LogP contribution in [0.25, 0.3) is 0 Å². The van der Waals surface area contributed by atoms with Gasteiger partial charge in [-0.25, -0.2) is 0 Å². The van der Waals surface area contributed by atoms with Crippen LogP contribution in [0.5, 0.6) is 0 Å². The highest BCUT2D eigenvalue weighted by molar-refractivity contribution is 4.81. The first-order valence-electron chi connectivity index (χ1n) is 7.63. The molecule has 0 unspecified atom stereocenters. The lowest BCUT2D eigenvalue weighted by Crippen LogP contribution is -1.98. The molecule has 0 spiro atoms. The molecule has 0 saturated carbocycles. The van der Waals surface area contributed by atoms with Crippen LogP contribution in [-0.2, 0) is 9.47 Å². The molecule has 0 aliphatic rings. The molecule has 0 N–H and O–H groups in total. The predicted octanol–water partition coefficient (Wildman–Crippen LogP) is 5.08. The van der Waals surface area contributed by atoms with E-state index in [-0.39, 0.29) is 0 Å². The van der Waals surface area contributed by atoms with E-state index in [0.717, 1.165) is 6.61 Å². The number of rotatable bonds is 14. The smallest absolute Gasteiger partial charge is 0.146 e. The zero-order valence-electron chi connectivity index (χ0n) is 12.5. The number of allylic oxidation sites excluding steroid dienone is 2. The summed E-state index contributed by atoms with van der Waals surface area (Å²) < 4.78 is 10.1. The lowest BCUT2D eigenvalue weighted by molar-refractivity contribution is -0.0315. The molecule has 0 fully saturated rings. The van der Waals surface area contributed by atoms with E-state index in [4.69, 9.17) is 9.47 Å². The van der Waals surface area contributed by atoms with Gasteiger partial charge in [0, 0.05) is 13.7 Å². The summed E-state index contributed by atoms with van der Waals surface area (Å²) in [7, 11) is 1.66. The predicted molar refractivity (Wildman–Crippen MR) is 78.8 cm³/mol. The average Bonchev–Trinajstić information content (AvgIpc) is 2.39. The van der Waals surface area contributed by atoms with Gasteiger partial charge in [-0.05, 0) is 25.7 Å². The number of ether oxygens (including phenoxy) is 2. The van der Waals surface area contributed by atoms with Crippen molar-refractivity contribution in [2.45, 2.75) is 71.1 Å². The molecule has 0 rings (SSSR count). The molecule has 0 aromatic rings. The van der Waals surface area contributed by atoms with Crippen LogP contribution < -0.4 is 0 Å². The Morgan fingerprint density at radius 3 is 2.06 bits per heavy atom. The van der Waals surface area contributed by atoms with Gasteiger partial charge in [0.2, 0.25) is 0 Å². The van der Waals surface area contributed by atoms with Gasteiger partial charge in [-0.2, -0.15) is 0 Å². The quantitative estimate of drug-likeness (QED) is 0.245. The van der Waals surface area contributed by atoms with E-state index in [1.165, 1.54) is 64.2 Å². The maximum Gasteiger partial charge on any atom is 0.146 e. The van der Waals surface area contributed by atoms with Gasteiger partial charge in [0.25, 0.3) is 0 Å². The van der Waals surface area contributed by atoms with Gasteiger partial charge in [-0.15, -0.1) is 0 Å². The Kier molecular flexibility index (Phi) is 16.3. The highest BCUT2D eigenvalue weighted by Crippen LogP contribution is 2.08. The fraction of sp³-hybridized carbons (Fsp3) is 0.875. The van der Waals surface area contributed by atoms with Crippen LogP contribution in [-0.4, -0.2) is 20.5 Å². The van der Waals surface area contributed by atoms with Gasteiger partial charge >= 0.3 is 0 Å². The zero-order chi connectivity index (χ0) is 13.3. The van der Waals surface area contributed by atoms with Crippen molar-refractivity contribution in [1.82, 2.24) is 0 Å². The number of methoxy groups -OCH3 is 1. The Bertz CT molecular complexity index is 166. The largest absolute Gasteiger partial charge is 0.359 e. The monoisotopic (exact) mass is 256 g/mol. The van der Waals surface area contributed by atoms with E-state index in [2.05, 4.69) is 19.1 Å². The van der Waals surface area contributed by atoms with E-state index >= 15 is 0 Å². The second kappa shape index (κ2) is 16.7. The first-order valence-corrected chi connectivity index (χ1v) is 7.63. The molecule has 0 aliphatic heterocycles. The van der Waals surface area contributed by atoms with Crippen molar-refractivity contribution in [3.63, 3.8) is 0 Å². The summed E-state index contributed by atoms with van der Waals surface area (Å²) in [5, 5.41) is 0. The fourth-order valence-electron chi connectivity index (χ4n) is 1.87. The summed E-state index contributed by atoms with van der Waals surface area (Å²) in [5.41, 5.74) is 0. The van der Waals surface area contributed by atoms with Crippen molar-refractivity contribution in [1.29, 1.82) is 0 Å². The van der Waals surface area contributed by atoms with Gasteiger partial charge in [-0.3, -0.25) is 0 Å². The summed E-state index contributed by atoms with van der Waals surface area (Å²) in [4.78, 5) is 0. The first-order chi connectivity index (χ1) is 8.91. The van der Waals surface area contributed by atoms with Gasteiger partial charge in [0.05, 0.1) is 0 Å². The third kappa shape index (κ3) is 15.7. The van der Waals surface area contributed by atoms with Crippen LogP contribution in [0.4, 0.5) is 0 Å². The number of hydrogen-bond acceptors (Lipinski definition) is 2. The van der Waals surface area contributed by atoms with Crippen LogP contribution in [0.2, 0.25) is 0 Å². The molecule has 108 valence electrons. The van der Waals surface area contributed by atoms with E-state index in [9.17, 15) is 0 Å². The van der Waals surface area contributed by atoms with E-state index in [1.54, 1.807) is 7.11 Å². The molecular weight excluding hydrogens is 224 g/mol. The summed E-state index contributed by atoms with van der Waals surface area (Å²) in [6, 6.07) is 0. The topological polar surface area (TPSA) is 18.5 Å². The van der Waals surface area contributed by atoms with Crippen molar-refractivity contribution in [3.05, 3.63) is 12.2 Å². The molecular formula is C16H32O2. The van der Waals surface area contributed by atoms with Crippen molar-refractivity contribution in [2.24, 2.45) is 0 Å². The normalized spacial score (nSPS) is 11.4. The maximum atomic E-state index is 5.24. The second-order valence-corrected chi connectivity index (χ2v) is 4.84. The number of hydrogen-bond donors (Lipinski definition) is 0. The zero-order valence-corrected chi connectivity index (χ0v) is 12.5. The van der Waals surface area contributed by atoms with Crippen LogP contribution >= 0.6 is 0 Å². The minimum Gasteiger partial charge on any atom is -0.359 e.